The summed E-state index contributed by atoms with van der Waals surface area (Å²) in [7, 11) is -4.47. The summed E-state index contributed by atoms with van der Waals surface area (Å²) in [4.78, 5) is 26.7. The second kappa shape index (κ2) is 10.4. The number of aromatic amines is 1. The highest BCUT2D eigenvalue weighted by Gasteiger charge is 2.53. The Bertz CT molecular complexity index is 1030. The van der Waals surface area contributed by atoms with Crippen molar-refractivity contribution >= 4 is 16.6 Å². The minimum Gasteiger partial charge on any atom is -0.414 e. The zero-order valence-corrected chi connectivity index (χ0v) is 25.1. The predicted octanol–water partition coefficient (Wildman–Crippen LogP) is 4.14. The summed E-state index contributed by atoms with van der Waals surface area (Å²) in [6.07, 6.45) is -2.04. The van der Waals surface area contributed by atoms with Gasteiger partial charge in [0.2, 0.25) is 0 Å². The lowest BCUT2D eigenvalue weighted by molar-refractivity contribution is -0.0681. The number of hydrogen-bond acceptors (Lipinski definition) is 7. The molecular formula is C24H43N3O6Si2. The average Bonchev–Trinajstić information content (AvgIpc) is 3.01. The molecule has 0 spiro atoms. The molecule has 9 nitrogen and oxygen atoms in total. The maximum atomic E-state index is 12.7. The smallest absolute Gasteiger partial charge is 0.330 e. The number of nitrogens with one attached hydrogen (secondary N) is 1. The molecular weight excluding hydrogens is 482 g/mol. The molecule has 1 aromatic rings. The molecule has 0 bridgehead atoms. The van der Waals surface area contributed by atoms with Gasteiger partial charge in [0.05, 0.1) is 12.7 Å². The van der Waals surface area contributed by atoms with Crippen LogP contribution in [-0.2, 0) is 18.3 Å². The van der Waals surface area contributed by atoms with Gasteiger partial charge in [-0.25, -0.2) is 4.79 Å². The van der Waals surface area contributed by atoms with E-state index >= 15 is 0 Å². The van der Waals surface area contributed by atoms with E-state index in [9.17, 15) is 14.9 Å². The van der Waals surface area contributed by atoms with E-state index < -0.39 is 58.5 Å². The Hall–Kier alpha value is -1.56. The normalized spacial score (nSPS) is 24.9. The van der Waals surface area contributed by atoms with Crippen molar-refractivity contribution in [3.8, 4) is 6.07 Å². The van der Waals surface area contributed by atoms with Crippen LogP contribution in [0.25, 0.3) is 0 Å². The molecule has 1 aliphatic heterocycles. The van der Waals surface area contributed by atoms with E-state index in [0.29, 0.717) is 0 Å². The minimum absolute atomic E-state index is 0.00575. The second-order valence-corrected chi connectivity index (χ2v) is 21.9. The van der Waals surface area contributed by atoms with Crippen LogP contribution in [-0.4, -0.2) is 57.2 Å². The van der Waals surface area contributed by atoms with Crippen LogP contribution in [0.4, 0.5) is 0 Å². The third-order valence-electron chi connectivity index (χ3n) is 7.61. The second-order valence-electron chi connectivity index (χ2n) is 12.4. The van der Waals surface area contributed by atoms with Crippen molar-refractivity contribution in [2.45, 2.75) is 115 Å². The van der Waals surface area contributed by atoms with Gasteiger partial charge in [-0.1, -0.05) is 41.5 Å². The maximum absolute atomic E-state index is 12.7. The van der Waals surface area contributed by atoms with Gasteiger partial charge >= 0.3 is 5.69 Å². The quantitative estimate of drug-likeness (QED) is 0.507. The van der Waals surface area contributed by atoms with Gasteiger partial charge in [0, 0.05) is 12.3 Å². The van der Waals surface area contributed by atoms with Gasteiger partial charge in [0.1, 0.15) is 24.4 Å². The molecule has 198 valence electrons. The lowest BCUT2D eigenvalue weighted by Gasteiger charge is -2.41. The number of nitrogens with zero attached hydrogens (tertiary/aromatic N) is 2. The number of rotatable bonds is 8. The molecule has 1 fully saturated rings. The highest BCUT2D eigenvalue weighted by molar-refractivity contribution is 6.74. The van der Waals surface area contributed by atoms with Gasteiger partial charge in [0.15, 0.2) is 22.9 Å². The van der Waals surface area contributed by atoms with E-state index in [1.165, 1.54) is 16.8 Å². The zero-order valence-electron chi connectivity index (χ0n) is 23.1. The number of aromatic nitrogens is 2. The molecule has 0 saturated carbocycles. The Balaban J connectivity index is 2.55. The Kier molecular flexibility index (Phi) is 8.85. The van der Waals surface area contributed by atoms with Crippen molar-refractivity contribution in [1.82, 2.24) is 9.55 Å². The van der Waals surface area contributed by atoms with E-state index in [0.717, 1.165) is 0 Å². The van der Waals surface area contributed by atoms with Crippen LogP contribution in [0.1, 0.15) is 54.7 Å². The average molecular weight is 526 g/mol. The first-order valence-electron chi connectivity index (χ1n) is 12.1. The molecule has 0 aliphatic carbocycles. The molecule has 1 unspecified atom stereocenters. The lowest BCUT2D eigenvalue weighted by Crippen LogP contribution is -2.51. The van der Waals surface area contributed by atoms with Crippen LogP contribution in [0.2, 0.25) is 36.3 Å². The zero-order chi connectivity index (χ0) is 27.0. The van der Waals surface area contributed by atoms with Crippen LogP contribution >= 0.6 is 0 Å². The van der Waals surface area contributed by atoms with Crippen molar-refractivity contribution < 1.29 is 18.3 Å². The molecule has 11 heteroatoms. The largest absolute Gasteiger partial charge is 0.414 e. The molecule has 1 aromatic heterocycles. The minimum atomic E-state index is -2.36. The van der Waals surface area contributed by atoms with Gasteiger partial charge in [-0.3, -0.25) is 14.3 Å². The van der Waals surface area contributed by atoms with E-state index in [1.54, 1.807) is 6.92 Å². The molecule has 0 aromatic carbocycles. The fourth-order valence-electron chi connectivity index (χ4n) is 3.27. The van der Waals surface area contributed by atoms with Crippen molar-refractivity contribution in [3.63, 3.8) is 0 Å². The first-order chi connectivity index (χ1) is 15.8. The highest BCUT2D eigenvalue weighted by atomic mass is 28.4. The third kappa shape index (κ3) is 6.81. The molecule has 0 amide bonds. The summed E-state index contributed by atoms with van der Waals surface area (Å²) in [5.74, 6) is 0. The summed E-state index contributed by atoms with van der Waals surface area (Å²) in [5.41, 5.74) is -1.08. The van der Waals surface area contributed by atoms with E-state index in [1.807, 2.05) is 0 Å². The first-order valence-corrected chi connectivity index (χ1v) is 18.0. The first kappa shape index (κ1) is 29.7. The highest BCUT2D eigenvalue weighted by Crippen LogP contribution is 2.43. The maximum Gasteiger partial charge on any atom is 0.330 e. The topological polar surface area (TPSA) is 116 Å². The molecule has 2 heterocycles. The summed E-state index contributed by atoms with van der Waals surface area (Å²) in [6, 6.07) is 3.41. The molecule has 1 aliphatic rings. The van der Waals surface area contributed by atoms with Crippen molar-refractivity contribution in [1.29, 1.82) is 5.26 Å². The monoisotopic (exact) mass is 525 g/mol. The Morgan fingerprint density at radius 3 is 2.14 bits per heavy atom. The van der Waals surface area contributed by atoms with E-state index in [-0.39, 0.29) is 16.7 Å². The molecule has 1 N–H and O–H groups in total. The van der Waals surface area contributed by atoms with Gasteiger partial charge < -0.3 is 18.3 Å². The molecule has 2 rings (SSSR count). The van der Waals surface area contributed by atoms with Crippen LogP contribution < -0.4 is 11.2 Å². The standard InChI is InChI=1S/C24H43N3O6Si2/c1-16(14-25)31-19-17(15-30-34(8,9)23(2,3)4)32-21(27-13-12-18(28)26-22(27)29)20(19)33-35(10,11)24(5,6)7/h12-13,16-17,19-21H,15H2,1-11H3,(H,26,28,29)/t16?,17-,19-,20-,21-/m1/s1. The number of ether oxygens (including phenoxy) is 2. The molecule has 35 heavy (non-hydrogen) atoms. The fraction of sp³-hybridized carbons (Fsp3) is 0.792. The summed E-state index contributed by atoms with van der Waals surface area (Å²) < 4.78 is 27.2. The Labute approximate surface area is 211 Å². The summed E-state index contributed by atoms with van der Waals surface area (Å²) >= 11 is 0. The number of nitriles is 1. The number of hydrogen-bond donors (Lipinski definition) is 1. The van der Waals surface area contributed by atoms with E-state index in [4.69, 9.17) is 18.3 Å². The van der Waals surface area contributed by atoms with Crippen molar-refractivity contribution in [3.05, 3.63) is 33.1 Å². The summed E-state index contributed by atoms with van der Waals surface area (Å²) in [6.45, 7) is 23.3. The molecule has 5 atom stereocenters. The Morgan fingerprint density at radius 2 is 1.66 bits per heavy atom. The lowest BCUT2D eigenvalue weighted by atomic mass is 10.1. The van der Waals surface area contributed by atoms with Crippen LogP contribution in [0.15, 0.2) is 21.9 Å². The van der Waals surface area contributed by atoms with Gasteiger partial charge in [-0.2, -0.15) is 5.26 Å². The predicted molar refractivity (Wildman–Crippen MR) is 140 cm³/mol. The molecule has 1 saturated heterocycles. The molecule has 0 radical (unpaired) electrons. The van der Waals surface area contributed by atoms with Gasteiger partial charge in [-0.15, -0.1) is 0 Å². The van der Waals surface area contributed by atoms with Crippen molar-refractivity contribution in [2.24, 2.45) is 0 Å². The van der Waals surface area contributed by atoms with Crippen molar-refractivity contribution in [2.75, 3.05) is 6.61 Å². The van der Waals surface area contributed by atoms with Crippen LogP contribution in [0, 0.1) is 11.3 Å². The Morgan fingerprint density at radius 1 is 1.09 bits per heavy atom. The van der Waals surface area contributed by atoms with Gasteiger partial charge in [0.25, 0.3) is 5.56 Å². The fourth-order valence-corrected chi connectivity index (χ4v) is 5.57. The SMILES string of the molecule is CC(C#N)O[C@H]1[C@@H](O[Si](C)(C)C(C)(C)C)[C@H](n2ccc(=O)[nH]c2=O)O[C@@H]1CO[Si](C)(C)C(C)(C)C. The number of H-pyrrole nitrogens is 1. The van der Waals surface area contributed by atoms with Crippen LogP contribution in [0.3, 0.4) is 0 Å². The van der Waals surface area contributed by atoms with Gasteiger partial charge in [-0.05, 0) is 43.2 Å². The third-order valence-corrected chi connectivity index (χ3v) is 16.6. The van der Waals surface area contributed by atoms with Crippen LogP contribution in [0.5, 0.6) is 0 Å². The summed E-state index contributed by atoms with van der Waals surface area (Å²) in [5, 5.41) is 9.36. The van der Waals surface area contributed by atoms with E-state index in [2.05, 4.69) is 78.8 Å².